The average Bonchev–Trinajstić information content (AvgIpc) is 3.04. The minimum absolute atomic E-state index is 0.115. The quantitative estimate of drug-likeness (QED) is 0.749. The van der Waals surface area contributed by atoms with Crippen LogP contribution in [0.4, 0.5) is 5.69 Å². The topological polar surface area (TPSA) is 84.0 Å². The van der Waals surface area contributed by atoms with E-state index in [4.69, 9.17) is 11.6 Å². The molecule has 1 amide bonds. The smallest absolute Gasteiger partial charge is 0.322 e. The van der Waals surface area contributed by atoms with Gasteiger partial charge in [0.15, 0.2) is 0 Å². The first-order chi connectivity index (χ1) is 11.5. The average molecular weight is 362 g/mol. The molecular formula is C16H12ClN3O3S. The predicted octanol–water partition coefficient (Wildman–Crippen LogP) is 2.55. The van der Waals surface area contributed by atoms with Gasteiger partial charge in [0.25, 0.3) is 11.5 Å². The van der Waals surface area contributed by atoms with Gasteiger partial charge in [-0.1, -0.05) is 23.7 Å². The van der Waals surface area contributed by atoms with E-state index in [0.29, 0.717) is 10.7 Å². The van der Waals surface area contributed by atoms with Crippen LogP contribution in [-0.4, -0.2) is 15.5 Å². The Bertz CT molecular complexity index is 992. The van der Waals surface area contributed by atoms with E-state index in [9.17, 15) is 14.4 Å². The lowest BCUT2D eigenvalue weighted by Gasteiger charge is -2.07. The first-order valence-electron chi connectivity index (χ1n) is 6.96. The highest BCUT2D eigenvalue weighted by Crippen LogP contribution is 2.15. The molecule has 0 aliphatic carbocycles. The monoisotopic (exact) mass is 361 g/mol. The van der Waals surface area contributed by atoms with Crippen molar-refractivity contribution in [2.75, 3.05) is 5.32 Å². The van der Waals surface area contributed by atoms with Gasteiger partial charge in [-0.2, -0.15) is 0 Å². The van der Waals surface area contributed by atoms with Gasteiger partial charge >= 0.3 is 5.69 Å². The Labute approximate surface area is 145 Å². The number of nitrogens with zero attached hydrogens (tertiary/aromatic N) is 1. The second kappa shape index (κ2) is 6.86. The minimum atomic E-state index is -0.647. The third-order valence-electron chi connectivity index (χ3n) is 3.28. The van der Waals surface area contributed by atoms with Gasteiger partial charge in [-0.3, -0.25) is 14.2 Å². The second-order valence-electron chi connectivity index (χ2n) is 4.94. The summed E-state index contributed by atoms with van der Waals surface area (Å²) in [5, 5.41) is 4.90. The number of aromatic nitrogens is 2. The first-order valence-corrected chi connectivity index (χ1v) is 8.22. The van der Waals surface area contributed by atoms with Crippen molar-refractivity contribution >= 4 is 34.5 Å². The number of amides is 1. The third kappa shape index (κ3) is 3.47. The van der Waals surface area contributed by atoms with Crippen LogP contribution in [0, 0.1) is 0 Å². The summed E-state index contributed by atoms with van der Waals surface area (Å²) in [6.07, 6.45) is 1.12. The number of halogens is 1. The number of carbonyl (C=O) groups is 1. The van der Waals surface area contributed by atoms with Gasteiger partial charge in [0.1, 0.15) is 5.56 Å². The number of aromatic amines is 1. The van der Waals surface area contributed by atoms with Crippen molar-refractivity contribution in [2.45, 2.75) is 6.54 Å². The molecule has 24 heavy (non-hydrogen) atoms. The third-order valence-corrected chi connectivity index (χ3v) is 4.38. The fourth-order valence-electron chi connectivity index (χ4n) is 2.14. The van der Waals surface area contributed by atoms with Crippen LogP contribution in [-0.2, 0) is 6.54 Å². The molecule has 0 aliphatic rings. The van der Waals surface area contributed by atoms with Crippen molar-refractivity contribution in [1.82, 2.24) is 9.55 Å². The van der Waals surface area contributed by atoms with Gasteiger partial charge in [-0.05, 0) is 29.6 Å². The molecule has 2 heterocycles. The van der Waals surface area contributed by atoms with Crippen molar-refractivity contribution in [3.8, 4) is 0 Å². The predicted molar refractivity (Wildman–Crippen MR) is 94.1 cm³/mol. The Balaban J connectivity index is 1.92. The normalized spacial score (nSPS) is 10.5. The number of benzene rings is 1. The molecule has 0 unspecified atom stereocenters. The molecule has 0 saturated heterocycles. The highest BCUT2D eigenvalue weighted by Gasteiger charge is 2.15. The zero-order chi connectivity index (χ0) is 17.1. The Morgan fingerprint density at radius 3 is 2.79 bits per heavy atom. The Hall–Kier alpha value is -2.64. The maximum atomic E-state index is 12.5. The molecule has 0 aliphatic heterocycles. The van der Waals surface area contributed by atoms with E-state index < -0.39 is 17.2 Å². The molecule has 0 spiro atoms. The van der Waals surface area contributed by atoms with Crippen molar-refractivity contribution in [1.29, 1.82) is 0 Å². The number of nitrogens with one attached hydrogen (secondary N) is 2. The molecule has 0 fully saturated rings. The van der Waals surface area contributed by atoms with Gasteiger partial charge in [-0.15, -0.1) is 11.3 Å². The summed E-state index contributed by atoms with van der Waals surface area (Å²) >= 11 is 7.29. The Morgan fingerprint density at radius 1 is 1.25 bits per heavy atom. The highest BCUT2D eigenvalue weighted by molar-refractivity contribution is 7.09. The maximum absolute atomic E-state index is 12.5. The largest absolute Gasteiger partial charge is 0.328 e. The van der Waals surface area contributed by atoms with Crippen LogP contribution in [0.1, 0.15) is 15.2 Å². The van der Waals surface area contributed by atoms with Gasteiger partial charge in [0, 0.05) is 21.8 Å². The molecule has 6 nitrogen and oxygen atoms in total. The Kier molecular flexibility index (Phi) is 4.64. The number of hydrogen-bond acceptors (Lipinski definition) is 4. The molecular weight excluding hydrogens is 350 g/mol. The summed E-state index contributed by atoms with van der Waals surface area (Å²) in [5.41, 5.74) is -0.895. The van der Waals surface area contributed by atoms with Gasteiger partial charge < -0.3 is 10.3 Å². The van der Waals surface area contributed by atoms with Crippen LogP contribution >= 0.6 is 22.9 Å². The van der Waals surface area contributed by atoms with Gasteiger partial charge in [0.2, 0.25) is 0 Å². The van der Waals surface area contributed by atoms with E-state index in [1.54, 1.807) is 24.3 Å². The molecule has 3 rings (SSSR count). The molecule has 0 bridgehead atoms. The van der Waals surface area contributed by atoms with E-state index in [2.05, 4.69) is 10.3 Å². The number of H-pyrrole nitrogens is 1. The zero-order valence-corrected chi connectivity index (χ0v) is 13.9. The highest BCUT2D eigenvalue weighted by atomic mass is 35.5. The molecule has 2 N–H and O–H groups in total. The summed E-state index contributed by atoms with van der Waals surface area (Å²) in [5.74, 6) is -0.613. The van der Waals surface area contributed by atoms with E-state index >= 15 is 0 Å². The molecule has 122 valence electrons. The maximum Gasteiger partial charge on any atom is 0.328 e. The summed E-state index contributed by atoms with van der Waals surface area (Å²) in [4.78, 5) is 40.0. The van der Waals surface area contributed by atoms with E-state index in [0.717, 1.165) is 15.6 Å². The summed E-state index contributed by atoms with van der Waals surface area (Å²) in [6, 6.07) is 10.2. The van der Waals surface area contributed by atoms with E-state index in [-0.39, 0.29) is 12.1 Å². The van der Waals surface area contributed by atoms with Crippen molar-refractivity contribution in [2.24, 2.45) is 0 Å². The molecule has 0 radical (unpaired) electrons. The minimum Gasteiger partial charge on any atom is -0.322 e. The lowest BCUT2D eigenvalue weighted by molar-refractivity contribution is 0.102. The standard InChI is InChI=1S/C16H12ClN3O3S/c17-10-3-1-4-11(7-10)19-14(21)13-8-18-16(23)20(15(13)22)9-12-5-2-6-24-12/h1-8H,9H2,(H,18,23)(H,19,21). The zero-order valence-electron chi connectivity index (χ0n) is 12.3. The molecule has 2 aromatic heterocycles. The number of hydrogen-bond donors (Lipinski definition) is 2. The molecule has 1 aromatic carbocycles. The van der Waals surface area contributed by atoms with E-state index in [1.165, 1.54) is 11.3 Å². The molecule has 0 atom stereocenters. The van der Waals surface area contributed by atoms with Crippen molar-refractivity contribution in [3.05, 3.63) is 84.3 Å². The van der Waals surface area contributed by atoms with Crippen LogP contribution in [0.5, 0.6) is 0 Å². The summed E-state index contributed by atoms with van der Waals surface area (Å²) in [6.45, 7) is 0.115. The van der Waals surface area contributed by atoms with Crippen LogP contribution < -0.4 is 16.6 Å². The van der Waals surface area contributed by atoms with Gasteiger partial charge in [-0.25, -0.2) is 4.79 Å². The van der Waals surface area contributed by atoms with Crippen LogP contribution in [0.3, 0.4) is 0 Å². The summed E-state index contributed by atoms with van der Waals surface area (Å²) < 4.78 is 0.999. The van der Waals surface area contributed by atoms with Crippen LogP contribution in [0.25, 0.3) is 0 Å². The first kappa shape index (κ1) is 16.2. The number of anilines is 1. The van der Waals surface area contributed by atoms with E-state index in [1.807, 2.05) is 17.5 Å². The van der Waals surface area contributed by atoms with Crippen LogP contribution in [0.2, 0.25) is 5.02 Å². The molecule has 3 aromatic rings. The number of thiophene rings is 1. The molecule has 0 saturated carbocycles. The number of rotatable bonds is 4. The van der Waals surface area contributed by atoms with Crippen molar-refractivity contribution in [3.63, 3.8) is 0 Å². The second-order valence-corrected chi connectivity index (χ2v) is 6.41. The number of carbonyl (C=O) groups excluding carboxylic acids is 1. The van der Waals surface area contributed by atoms with Crippen molar-refractivity contribution < 1.29 is 4.79 Å². The molecule has 8 heteroatoms. The lowest BCUT2D eigenvalue weighted by atomic mass is 10.2. The SMILES string of the molecule is O=C(Nc1cccc(Cl)c1)c1c[nH]c(=O)n(Cc2cccs2)c1=O. The fourth-order valence-corrected chi connectivity index (χ4v) is 3.02. The lowest BCUT2D eigenvalue weighted by Crippen LogP contribution is -2.39. The Morgan fingerprint density at radius 2 is 2.08 bits per heavy atom. The summed E-state index contributed by atoms with van der Waals surface area (Å²) in [7, 11) is 0. The van der Waals surface area contributed by atoms with Crippen LogP contribution in [0.15, 0.2) is 57.6 Å². The fraction of sp³-hybridized carbons (Fsp3) is 0.0625. The van der Waals surface area contributed by atoms with Gasteiger partial charge in [0.05, 0.1) is 6.54 Å².